The van der Waals surface area contributed by atoms with Crippen molar-refractivity contribution < 1.29 is 41.0 Å². The lowest BCUT2D eigenvalue weighted by Crippen LogP contribution is -2.15. The van der Waals surface area contributed by atoms with Crippen LogP contribution in [0, 0.1) is 11.6 Å². The summed E-state index contributed by atoms with van der Waals surface area (Å²) < 4.78 is 78.1. The summed E-state index contributed by atoms with van der Waals surface area (Å²) in [6, 6.07) is 7.86. The molecule has 0 unspecified atom stereocenters. The first-order valence-corrected chi connectivity index (χ1v) is 8.51. The Bertz CT molecular complexity index is 1130. The van der Waals surface area contributed by atoms with E-state index in [1.807, 2.05) is 0 Å². The van der Waals surface area contributed by atoms with Gasteiger partial charge in [0.1, 0.15) is 22.9 Å². The fourth-order valence-corrected chi connectivity index (χ4v) is 2.89. The molecule has 0 aliphatic carbocycles. The van der Waals surface area contributed by atoms with Crippen molar-refractivity contribution in [2.24, 2.45) is 0 Å². The Morgan fingerprint density at radius 1 is 0.935 bits per heavy atom. The van der Waals surface area contributed by atoms with Gasteiger partial charge in [-0.15, -0.1) is 0 Å². The molecule has 0 saturated carbocycles. The number of carbonyl (C=O) groups is 2. The highest BCUT2D eigenvalue weighted by molar-refractivity contribution is 6.06. The molecular formula is C20H13F5N2O4. The SMILES string of the molecule is COC(=O)c1c(-c2c(F)cc(C(F)(F)F)cc2F)nn(-c2ccccc2)c1C(=O)OC. The zero-order valence-electron chi connectivity index (χ0n) is 16.0. The van der Waals surface area contributed by atoms with E-state index < -0.39 is 57.8 Å². The first-order valence-electron chi connectivity index (χ1n) is 8.51. The van der Waals surface area contributed by atoms with E-state index in [4.69, 9.17) is 0 Å². The molecule has 0 N–H and O–H groups in total. The van der Waals surface area contributed by atoms with Crippen molar-refractivity contribution in [2.75, 3.05) is 14.2 Å². The van der Waals surface area contributed by atoms with Crippen molar-refractivity contribution in [1.29, 1.82) is 0 Å². The van der Waals surface area contributed by atoms with E-state index in [9.17, 15) is 31.5 Å². The summed E-state index contributed by atoms with van der Waals surface area (Å²) in [5, 5.41) is 3.96. The number of esters is 2. The van der Waals surface area contributed by atoms with Gasteiger partial charge in [0, 0.05) is 0 Å². The van der Waals surface area contributed by atoms with Crippen LogP contribution < -0.4 is 0 Å². The Kier molecular flexibility index (Phi) is 5.78. The molecule has 6 nitrogen and oxygen atoms in total. The second-order valence-electron chi connectivity index (χ2n) is 6.12. The number of aromatic nitrogens is 2. The lowest BCUT2D eigenvalue weighted by Gasteiger charge is -2.10. The van der Waals surface area contributed by atoms with Crippen molar-refractivity contribution in [3.8, 4) is 16.9 Å². The molecule has 0 saturated heterocycles. The predicted octanol–water partition coefficient (Wildman–Crippen LogP) is 4.41. The van der Waals surface area contributed by atoms with E-state index in [0.29, 0.717) is 0 Å². The van der Waals surface area contributed by atoms with E-state index in [2.05, 4.69) is 14.6 Å². The van der Waals surface area contributed by atoms with E-state index >= 15 is 0 Å². The van der Waals surface area contributed by atoms with Gasteiger partial charge in [-0.05, 0) is 24.3 Å². The van der Waals surface area contributed by atoms with Crippen LogP contribution in [0.15, 0.2) is 42.5 Å². The summed E-state index contributed by atoms with van der Waals surface area (Å²) >= 11 is 0. The van der Waals surface area contributed by atoms with Crippen LogP contribution in [0.4, 0.5) is 22.0 Å². The predicted molar refractivity (Wildman–Crippen MR) is 96.6 cm³/mol. The second kappa shape index (κ2) is 8.17. The summed E-state index contributed by atoms with van der Waals surface area (Å²) in [4.78, 5) is 24.9. The first-order chi connectivity index (χ1) is 14.6. The lowest BCUT2D eigenvalue weighted by atomic mass is 10.0. The average molecular weight is 440 g/mol. The molecule has 0 radical (unpaired) electrons. The molecule has 0 aliphatic rings. The lowest BCUT2D eigenvalue weighted by molar-refractivity contribution is -0.138. The van der Waals surface area contributed by atoms with Crippen LogP contribution in [0.5, 0.6) is 0 Å². The molecule has 0 atom stereocenters. The maximum atomic E-state index is 14.6. The fraction of sp³-hybridized carbons (Fsp3) is 0.150. The van der Waals surface area contributed by atoms with Gasteiger partial charge in [0.25, 0.3) is 0 Å². The number of nitrogens with zero attached hydrogens (tertiary/aromatic N) is 2. The number of carbonyl (C=O) groups excluding carboxylic acids is 2. The number of benzene rings is 2. The Morgan fingerprint density at radius 3 is 1.97 bits per heavy atom. The first kappa shape index (κ1) is 21.9. The largest absolute Gasteiger partial charge is 0.465 e. The Labute approximate surface area is 171 Å². The molecular weight excluding hydrogens is 427 g/mol. The number of halogens is 5. The smallest absolute Gasteiger partial charge is 0.416 e. The van der Waals surface area contributed by atoms with Crippen molar-refractivity contribution in [2.45, 2.75) is 6.18 Å². The highest BCUT2D eigenvalue weighted by atomic mass is 19.4. The Balaban J connectivity index is 2.40. The van der Waals surface area contributed by atoms with Gasteiger partial charge in [-0.1, -0.05) is 18.2 Å². The molecule has 0 bridgehead atoms. The van der Waals surface area contributed by atoms with Crippen molar-refractivity contribution in [3.05, 3.63) is 70.9 Å². The summed E-state index contributed by atoms with van der Waals surface area (Å²) in [6.07, 6.45) is -5.01. The summed E-state index contributed by atoms with van der Waals surface area (Å²) in [7, 11) is 1.96. The average Bonchev–Trinajstić information content (AvgIpc) is 3.12. The number of alkyl halides is 3. The molecule has 0 aliphatic heterocycles. The highest BCUT2D eigenvalue weighted by Gasteiger charge is 2.36. The maximum Gasteiger partial charge on any atom is 0.416 e. The molecule has 11 heteroatoms. The number of para-hydroxylation sites is 1. The summed E-state index contributed by atoms with van der Waals surface area (Å²) in [5.41, 5.74) is -4.30. The van der Waals surface area contributed by atoms with Crippen molar-refractivity contribution >= 4 is 11.9 Å². The van der Waals surface area contributed by atoms with Gasteiger partial charge in [-0.25, -0.2) is 23.1 Å². The van der Waals surface area contributed by atoms with Gasteiger partial charge in [0.15, 0.2) is 5.69 Å². The summed E-state index contributed by atoms with van der Waals surface area (Å²) in [6.45, 7) is 0. The third kappa shape index (κ3) is 3.98. The second-order valence-corrected chi connectivity index (χ2v) is 6.12. The minimum absolute atomic E-state index is 0.0683. The van der Waals surface area contributed by atoms with Crippen LogP contribution in [0.1, 0.15) is 26.4 Å². The van der Waals surface area contributed by atoms with E-state index in [0.717, 1.165) is 18.9 Å². The van der Waals surface area contributed by atoms with E-state index in [1.165, 1.54) is 12.1 Å². The molecule has 31 heavy (non-hydrogen) atoms. The third-order valence-corrected chi connectivity index (χ3v) is 4.26. The van der Waals surface area contributed by atoms with Crippen LogP contribution in [-0.2, 0) is 15.7 Å². The molecule has 3 rings (SSSR count). The van der Waals surface area contributed by atoms with E-state index in [1.54, 1.807) is 18.2 Å². The minimum atomic E-state index is -5.01. The molecule has 0 spiro atoms. The summed E-state index contributed by atoms with van der Waals surface area (Å²) in [5.74, 6) is -5.55. The molecule has 3 aromatic rings. The van der Waals surface area contributed by atoms with E-state index in [-0.39, 0.29) is 17.8 Å². The Hall–Kier alpha value is -3.76. The van der Waals surface area contributed by atoms with Gasteiger partial charge in [-0.3, -0.25) is 0 Å². The zero-order valence-corrected chi connectivity index (χ0v) is 16.0. The molecule has 2 aromatic carbocycles. The van der Waals surface area contributed by atoms with Crippen LogP contribution in [0.3, 0.4) is 0 Å². The van der Waals surface area contributed by atoms with Gasteiger partial charge >= 0.3 is 18.1 Å². The molecule has 162 valence electrons. The minimum Gasteiger partial charge on any atom is -0.465 e. The maximum absolute atomic E-state index is 14.6. The van der Waals surface area contributed by atoms with Gasteiger partial charge in [0.05, 0.1) is 31.0 Å². The van der Waals surface area contributed by atoms with Crippen LogP contribution >= 0.6 is 0 Å². The van der Waals surface area contributed by atoms with Gasteiger partial charge < -0.3 is 9.47 Å². The monoisotopic (exact) mass is 440 g/mol. The number of methoxy groups -OCH3 is 2. The van der Waals surface area contributed by atoms with Crippen LogP contribution in [0.25, 0.3) is 16.9 Å². The fourth-order valence-electron chi connectivity index (χ4n) is 2.89. The van der Waals surface area contributed by atoms with Crippen molar-refractivity contribution in [3.63, 3.8) is 0 Å². The standard InChI is InChI=1S/C20H13F5N2O4/c1-30-18(28)15-16(14-12(21)8-10(9-13(14)22)20(23,24)25)26-27(17(15)19(29)31-2)11-6-4-3-5-7-11/h3-9H,1-2H3. The van der Waals surface area contributed by atoms with Crippen molar-refractivity contribution in [1.82, 2.24) is 9.78 Å². The molecule has 1 heterocycles. The normalized spacial score (nSPS) is 11.3. The topological polar surface area (TPSA) is 70.4 Å². The molecule has 0 amide bonds. The quantitative estimate of drug-likeness (QED) is 0.444. The molecule has 1 aromatic heterocycles. The Morgan fingerprint density at radius 2 is 1.48 bits per heavy atom. The highest BCUT2D eigenvalue weighted by Crippen LogP contribution is 2.37. The van der Waals surface area contributed by atoms with Gasteiger partial charge in [0.2, 0.25) is 0 Å². The van der Waals surface area contributed by atoms with Crippen LogP contribution in [-0.4, -0.2) is 35.9 Å². The number of hydrogen-bond donors (Lipinski definition) is 0. The number of ether oxygens (including phenoxy) is 2. The molecule has 0 fully saturated rings. The van der Waals surface area contributed by atoms with Gasteiger partial charge in [-0.2, -0.15) is 18.3 Å². The zero-order chi connectivity index (χ0) is 22.9. The number of hydrogen-bond acceptors (Lipinski definition) is 5. The third-order valence-electron chi connectivity index (χ3n) is 4.26. The van der Waals surface area contributed by atoms with Crippen LogP contribution in [0.2, 0.25) is 0 Å². The number of rotatable bonds is 4.